The van der Waals surface area contributed by atoms with Gasteiger partial charge in [0.05, 0.1) is 0 Å². The van der Waals surface area contributed by atoms with E-state index in [1.807, 2.05) is 46.8 Å². The van der Waals surface area contributed by atoms with Crippen LogP contribution in [0.25, 0.3) is 0 Å². The zero-order valence-electron chi connectivity index (χ0n) is 13.2. The van der Waals surface area contributed by atoms with Gasteiger partial charge in [-0.15, -0.1) is 0 Å². The molecule has 0 aliphatic carbocycles. The van der Waals surface area contributed by atoms with Gasteiger partial charge in [0.2, 0.25) is 0 Å². The Labute approximate surface area is 121 Å². The van der Waals surface area contributed by atoms with Crippen LogP contribution in [0, 0.1) is 20.8 Å². The van der Waals surface area contributed by atoms with Crippen molar-refractivity contribution >= 4 is 5.97 Å². The number of aryl methyl sites for hydroxylation is 2. The Hall–Kier alpha value is -1.55. The van der Waals surface area contributed by atoms with Gasteiger partial charge in [-0.1, -0.05) is 12.1 Å². The normalized spacial score (nSPS) is 14.2. The van der Waals surface area contributed by atoms with Gasteiger partial charge in [0, 0.05) is 6.04 Å². The van der Waals surface area contributed by atoms with E-state index in [-0.39, 0.29) is 12.6 Å². The molecule has 0 fully saturated rings. The SMILES string of the molecule is Cc1ccc(C)c(OCC(C)(NC(C)C)C(=O)O)c1C. The maximum absolute atomic E-state index is 11.5. The molecule has 0 aliphatic heterocycles. The standard InChI is InChI=1S/C16H25NO3/c1-10(2)17-16(6,15(18)19)9-20-14-12(4)8-7-11(3)13(14)5/h7-8,10,17H,9H2,1-6H3,(H,18,19). The van der Waals surface area contributed by atoms with Crippen LogP contribution in [0.4, 0.5) is 0 Å². The molecule has 4 nitrogen and oxygen atoms in total. The van der Waals surface area contributed by atoms with Gasteiger partial charge in [0.1, 0.15) is 17.9 Å². The first-order valence-electron chi connectivity index (χ1n) is 6.88. The van der Waals surface area contributed by atoms with Gasteiger partial charge in [-0.3, -0.25) is 10.1 Å². The Morgan fingerprint density at radius 1 is 1.30 bits per heavy atom. The largest absolute Gasteiger partial charge is 0.490 e. The summed E-state index contributed by atoms with van der Waals surface area (Å²) in [7, 11) is 0. The van der Waals surface area contributed by atoms with Crippen molar-refractivity contribution in [1.29, 1.82) is 0 Å². The lowest BCUT2D eigenvalue weighted by molar-refractivity contribution is -0.145. The van der Waals surface area contributed by atoms with Gasteiger partial charge in [-0.25, -0.2) is 0 Å². The lowest BCUT2D eigenvalue weighted by atomic mass is 10.0. The summed E-state index contributed by atoms with van der Waals surface area (Å²) in [6, 6.07) is 4.10. The summed E-state index contributed by atoms with van der Waals surface area (Å²) in [4.78, 5) is 11.5. The molecule has 0 spiro atoms. The molecule has 0 saturated heterocycles. The molecule has 0 heterocycles. The highest BCUT2D eigenvalue weighted by Gasteiger charge is 2.34. The summed E-state index contributed by atoms with van der Waals surface area (Å²) in [6.07, 6.45) is 0. The van der Waals surface area contributed by atoms with Crippen molar-refractivity contribution in [2.75, 3.05) is 6.61 Å². The van der Waals surface area contributed by atoms with Crippen LogP contribution in [-0.4, -0.2) is 29.3 Å². The number of hydrogen-bond donors (Lipinski definition) is 2. The fraction of sp³-hybridized carbons (Fsp3) is 0.562. The molecule has 2 N–H and O–H groups in total. The van der Waals surface area contributed by atoms with Crippen LogP contribution in [0.2, 0.25) is 0 Å². The third-order valence-electron chi connectivity index (χ3n) is 3.46. The summed E-state index contributed by atoms with van der Waals surface area (Å²) in [5.41, 5.74) is 2.11. The maximum Gasteiger partial charge on any atom is 0.327 e. The van der Waals surface area contributed by atoms with E-state index >= 15 is 0 Å². The molecule has 1 aromatic rings. The molecule has 0 saturated carbocycles. The molecule has 4 heteroatoms. The molecular weight excluding hydrogens is 254 g/mol. The Morgan fingerprint density at radius 3 is 2.35 bits per heavy atom. The number of benzene rings is 1. The first-order chi connectivity index (χ1) is 9.17. The van der Waals surface area contributed by atoms with Gasteiger partial charge < -0.3 is 9.84 Å². The Balaban J connectivity index is 2.94. The Bertz CT molecular complexity index is 497. The van der Waals surface area contributed by atoms with Gasteiger partial charge in [-0.2, -0.15) is 0 Å². The number of carbonyl (C=O) groups is 1. The van der Waals surface area contributed by atoms with Crippen LogP contribution in [0.15, 0.2) is 12.1 Å². The zero-order chi connectivity index (χ0) is 15.5. The van der Waals surface area contributed by atoms with E-state index in [4.69, 9.17) is 4.74 Å². The number of carboxylic acids is 1. The number of nitrogens with one attached hydrogen (secondary N) is 1. The summed E-state index contributed by atoms with van der Waals surface area (Å²) in [6.45, 7) is 11.6. The number of aliphatic carboxylic acids is 1. The van der Waals surface area contributed by atoms with E-state index in [0.29, 0.717) is 0 Å². The number of ether oxygens (including phenoxy) is 1. The van der Waals surface area contributed by atoms with Crippen molar-refractivity contribution in [3.05, 3.63) is 28.8 Å². The van der Waals surface area contributed by atoms with Gasteiger partial charge in [-0.05, 0) is 58.2 Å². The van der Waals surface area contributed by atoms with E-state index in [0.717, 1.165) is 22.4 Å². The molecule has 20 heavy (non-hydrogen) atoms. The highest BCUT2D eigenvalue weighted by Crippen LogP contribution is 2.26. The first-order valence-corrected chi connectivity index (χ1v) is 6.88. The zero-order valence-corrected chi connectivity index (χ0v) is 13.2. The topological polar surface area (TPSA) is 58.6 Å². The van der Waals surface area contributed by atoms with E-state index in [2.05, 4.69) is 5.32 Å². The minimum Gasteiger partial charge on any atom is -0.490 e. The molecular formula is C16H25NO3. The molecule has 1 rings (SSSR count). The minimum absolute atomic E-state index is 0.0689. The summed E-state index contributed by atoms with van der Waals surface area (Å²) < 4.78 is 5.83. The quantitative estimate of drug-likeness (QED) is 0.840. The second-order valence-corrected chi connectivity index (χ2v) is 5.88. The van der Waals surface area contributed by atoms with Crippen molar-refractivity contribution in [3.63, 3.8) is 0 Å². The number of rotatable bonds is 6. The predicted octanol–water partition coefficient (Wildman–Crippen LogP) is 2.83. The second-order valence-electron chi connectivity index (χ2n) is 5.88. The van der Waals surface area contributed by atoms with E-state index in [1.54, 1.807) is 6.92 Å². The monoisotopic (exact) mass is 279 g/mol. The highest BCUT2D eigenvalue weighted by atomic mass is 16.5. The number of carboxylic acid groups (broad SMARTS) is 1. The molecule has 0 aliphatic rings. The molecule has 112 valence electrons. The molecule has 0 radical (unpaired) electrons. The Kier molecular flexibility index (Phi) is 5.17. The van der Waals surface area contributed by atoms with E-state index in [1.165, 1.54) is 0 Å². The van der Waals surface area contributed by atoms with Crippen molar-refractivity contribution in [2.45, 2.75) is 53.1 Å². The first kappa shape index (κ1) is 16.5. The van der Waals surface area contributed by atoms with Crippen LogP contribution in [0.1, 0.15) is 37.5 Å². The lowest BCUT2D eigenvalue weighted by Gasteiger charge is -2.29. The third-order valence-corrected chi connectivity index (χ3v) is 3.46. The summed E-state index contributed by atoms with van der Waals surface area (Å²) in [5.74, 6) is -0.128. The van der Waals surface area contributed by atoms with Crippen molar-refractivity contribution < 1.29 is 14.6 Å². The summed E-state index contributed by atoms with van der Waals surface area (Å²) >= 11 is 0. The molecule has 1 aromatic carbocycles. The van der Waals surface area contributed by atoms with Gasteiger partial charge >= 0.3 is 5.97 Å². The fourth-order valence-electron chi connectivity index (χ4n) is 2.17. The molecule has 0 aromatic heterocycles. The Morgan fingerprint density at radius 2 is 1.85 bits per heavy atom. The molecule has 0 amide bonds. The van der Waals surface area contributed by atoms with Crippen molar-refractivity contribution in [2.24, 2.45) is 0 Å². The molecule has 1 atom stereocenters. The van der Waals surface area contributed by atoms with Crippen LogP contribution < -0.4 is 10.1 Å². The fourth-order valence-corrected chi connectivity index (χ4v) is 2.17. The summed E-state index contributed by atoms with van der Waals surface area (Å²) in [5, 5.41) is 12.5. The molecule has 0 bridgehead atoms. The van der Waals surface area contributed by atoms with Crippen LogP contribution >= 0.6 is 0 Å². The molecule has 1 unspecified atom stereocenters. The smallest absolute Gasteiger partial charge is 0.327 e. The van der Waals surface area contributed by atoms with Crippen LogP contribution in [-0.2, 0) is 4.79 Å². The van der Waals surface area contributed by atoms with E-state index < -0.39 is 11.5 Å². The second kappa shape index (κ2) is 6.27. The van der Waals surface area contributed by atoms with Crippen LogP contribution in [0.3, 0.4) is 0 Å². The minimum atomic E-state index is -1.10. The third kappa shape index (κ3) is 3.73. The highest BCUT2D eigenvalue weighted by molar-refractivity contribution is 5.78. The maximum atomic E-state index is 11.5. The van der Waals surface area contributed by atoms with E-state index in [9.17, 15) is 9.90 Å². The van der Waals surface area contributed by atoms with Gasteiger partial charge in [0.25, 0.3) is 0 Å². The average molecular weight is 279 g/mol. The number of hydrogen-bond acceptors (Lipinski definition) is 3. The average Bonchev–Trinajstić information content (AvgIpc) is 2.33. The van der Waals surface area contributed by atoms with Crippen LogP contribution in [0.5, 0.6) is 5.75 Å². The van der Waals surface area contributed by atoms with Crippen molar-refractivity contribution in [3.8, 4) is 5.75 Å². The van der Waals surface area contributed by atoms with Crippen molar-refractivity contribution in [1.82, 2.24) is 5.32 Å². The predicted molar refractivity (Wildman–Crippen MR) is 80.5 cm³/mol. The lowest BCUT2D eigenvalue weighted by Crippen LogP contribution is -2.56. The van der Waals surface area contributed by atoms with Gasteiger partial charge in [0.15, 0.2) is 0 Å².